The maximum Gasteiger partial charge on any atom is 0.113 e. The molecule has 1 atom stereocenters. The summed E-state index contributed by atoms with van der Waals surface area (Å²) in [4.78, 5) is 0. The van der Waals surface area contributed by atoms with Crippen LogP contribution in [0.3, 0.4) is 0 Å². The fourth-order valence-corrected chi connectivity index (χ4v) is 1.83. The lowest BCUT2D eigenvalue weighted by Gasteiger charge is -2.09. The lowest BCUT2D eigenvalue weighted by Crippen LogP contribution is -2.11. The van der Waals surface area contributed by atoms with Gasteiger partial charge in [0.1, 0.15) is 6.61 Å². The standard InChI is InChI=1S/C14H18O2/c1-12(13-6-3-2-4-7-13)10-15-11-14-8-5-9-16-14/h2-4,6-7,10,14H,5,8-9,11H2,1H3/b12-10-. The Kier molecular flexibility index (Phi) is 4.00. The monoisotopic (exact) mass is 218 g/mol. The molecule has 0 spiro atoms. The molecule has 1 aromatic carbocycles. The van der Waals surface area contributed by atoms with Crippen LogP contribution in [-0.4, -0.2) is 19.3 Å². The van der Waals surface area contributed by atoms with Crippen LogP contribution in [-0.2, 0) is 9.47 Å². The average molecular weight is 218 g/mol. The third kappa shape index (κ3) is 3.11. The lowest BCUT2D eigenvalue weighted by atomic mass is 10.1. The van der Waals surface area contributed by atoms with Crippen molar-refractivity contribution in [1.29, 1.82) is 0 Å². The van der Waals surface area contributed by atoms with E-state index in [1.807, 2.05) is 24.5 Å². The zero-order valence-corrected chi connectivity index (χ0v) is 9.69. The van der Waals surface area contributed by atoms with E-state index in [9.17, 15) is 0 Å². The highest BCUT2D eigenvalue weighted by Gasteiger charge is 2.14. The van der Waals surface area contributed by atoms with Gasteiger partial charge in [0.25, 0.3) is 0 Å². The highest BCUT2D eigenvalue weighted by molar-refractivity contribution is 5.62. The van der Waals surface area contributed by atoms with Crippen LogP contribution in [0.5, 0.6) is 0 Å². The van der Waals surface area contributed by atoms with Gasteiger partial charge < -0.3 is 9.47 Å². The molecule has 1 aliphatic heterocycles. The summed E-state index contributed by atoms with van der Waals surface area (Å²) in [5, 5.41) is 0. The molecule has 0 saturated carbocycles. The maximum absolute atomic E-state index is 5.55. The van der Waals surface area contributed by atoms with Crippen LogP contribution in [0.15, 0.2) is 36.6 Å². The van der Waals surface area contributed by atoms with Gasteiger partial charge in [-0.15, -0.1) is 0 Å². The normalized spacial score (nSPS) is 21.1. The highest BCUT2D eigenvalue weighted by atomic mass is 16.5. The van der Waals surface area contributed by atoms with Crippen LogP contribution in [0.1, 0.15) is 25.3 Å². The number of benzene rings is 1. The summed E-state index contributed by atoms with van der Waals surface area (Å²) in [6.07, 6.45) is 4.41. The first kappa shape index (κ1) is 11.2. The molecule has 0 N–H and O–H groups in total. The molecule has 2 rings (SSSR count). The molecule has 0 radical (unpaired) electrons. The van der Waals surface area contributed by atoms with E-state index < -0.39 is 0 Å². The van der Waals surface area contributed by atoms with E-state index in [0.29, 0.717) is 12.7 Å². The average Bonchev–Trinajstić information content (AvgIpc) is 2.83. The van der Waals surface area contributed by atoms with Crippen molar-refractivity contribution in [2.45, 2.75) is 25.9 Å². The second kappa shape index (κ2) is 5.71. The van der Waals surface area contributed by atoms with Crippen LogP contribution < -0.4 is 0 Å². The molecule has 2 heteroatoms. The van der Waals surface area contributed by atoms with E-state index >= 15 is 0 Å². The third-order valence-electron chi connectivity index (χ3n) is 2.80. The highest BCUT2D eigenvalue weighted by Crippen LogP contribution is 2.15. The zero-order valence-electron chi connectivity index (χ0n) is 9.69. The minimum Gasteiger partial charge on any atom is -0.498 e. The molecule has 86 valence electrons. The fraction of sp³-hybridized carbons (Fsp3) is 0.429. The van der Waals surface area contributed by atoms with Crippen LogP contribution in [0.4, 0.5) is 0 Å². The first-order valence-corrected chi connectivity index (χ1v) is 5.81. The molecule has 0 bridgehead atoms. The molecule has 16 heavy (non-hydrogen) atoms. The Morgan fingerprint density at radius 1 is 1.44 bits per heavy atom. The molecular weight excluding hydrogens is 200 g/mol. The fourth-order valence-electron chi connectivity index (χ4n) is 1.83. The molecule has 1 aromatic rings. The van der Waals surface area contributed by atoms with E-state index in [0.717, 1.165) is 25.0 Å². The van der Waals surface area contributed by atoms with Crippen LogP contribution in [0.25, 0.3) is 5.57 Å². The second-order valence-electron chi connectivity index (χ2n) is 4.14. The number of hydrogen-bond acceptors (Lipinski definition) is 2. The summed E-state index contributed by atoms with van der Waals surface area (Å²) in [7, 11) is 0. The molecule has 1 heterocycles. The summed E-state index contributed by atoms with van der Waals surface area (Å²) in [5.41, 5.74) is 2.36. The Morgan fingerprint density at radius 2 is 2.25 bits per heavy atom. The van der Waals surface area contributed by atoms with Crippen LogP contribution in [0, 0.1) is 0 Å². The van der Waals surface area contributed by atoms with Crippen molar-refractivity contribution >= 4 is 5.57 Å². The number of rotatable bonds is 4. The number of hydrogen-bond donors (Lipinski definition) is 0. The Morgan fingerprint density at radius 3 is 2.94 bits per heavy atom. The SMILES string of the molecule is C/C(=C/OCC1CCCO1)c1ccccc1. The van der Waals surface area contributed by atoms with E-state index in [1.165, 1.54) is 5.56 Å². The quantitative estimate of drug-likeness (QED) is 0.722. The van der Waals surface area contributed by atoms with Gasteiger partial charge >= 0.3 is 0 Å². The van der Waals surface area contributed by atoms with Gasteiger partial charge in [0.15, 0.2) is 0 Å². The molecule has 1 unspecified atom stereocenters. The molecule has 2 nitrogen and oxygen atoms in total. The smallest absolute Gasteiger partial charge is 0.113 e. The van der Waals surface area contributed by atoms with Crippen molar-refractivity contribution in [3.63, 3.8) is 0 Å². The van der Waals surface area contributed by atoms with Crippen LogP contribution in [0.2, 0.25) is 0 Å². The second-order valence-corrected chi connectivity index (χ2v) is 4.14. The lowest BCUT2D eigenvalue weighted by molar-refractivity contribution is 0.0522. The topological polar surface area (TPSA) is 18.5 Å². The maximum atomic E-state index is 5.55. The van der Waals surface area contributed by atoms with E-state index in [4.69, 9.17) is 9.47 Å². The van der Waals surface area contributed by atoms with E-state index in [2.05, 4.69) is 19.1 Å². The minimum atomic E-state index is 0.292. The van der Waals surface area contributed by atoms with Crippen molar-refractivity contribution in [2.75, 3.05) is 13.2 Å². The molecule has 1 aliphatic rings. The Bertz CT molecular complexity index is 337. The minimum absolute atomic E-state index is 0.292. The van der Waals surface area contributed by atoms with Crippen LogP contribution >= 0.6 is 0 Å². The van der Waals surface area contributed by atoms with E-state index in [-0.39, 0.29) is 0 Å². The summed E-state index contributed by atoms with van der Waals surface area (Å²) >= 11 is 0. The van der Waals surface area contributed by atoms with Gasteiger partial charge in [-0.05, 0) is 30.9 Å². The number of ether oxygens (including phenoxy) is 2. The molecular formula is C14H18O2. The van der Waals surface area contributed by atoms with Gasteiger partial charge in [-0.3, -0.25) is 0 Å². The van der Waals surface area contributed by atoms with Crippen molar-refractivity contribution in [1.82, 2.24) is 0 Å². The van der Waals surface area contributed by atoms with Gasteiger partial charge in [-0.1, -0.05) is 30.3 Å². The first-order valence-electron chi connectivity index (χ1n) is 5.81. The van der Waals surface area contributed by atoms with Gasteiger partial charge in [0.05, 0.1) is 12.4 Å². The molecule has 0 amide bonds. The predicted octanol–water partition coefficient (Wildman–Crippen LogP) is 3.24. The Balaban J connectivity index is 1.82. The van der Waals surface area contributed by atoms with Gasteiger partial charge in [-0.2, -0.15) is 0 Å². The van der Waals surface area contributed by atoms with Crippen molar-refractivity contribution in [3.8, 4) is 0 Å². The zero-order chi connectivity index (χ0) is 11.2. The third-order valence-corrected chi connectivity index (χ3v) is 2.80. The van der Waals surface area contributed by atoms with E-state index in [1.54, 1.807) is 0 Å². The molecule has 0 aromatic heterocycles. The Hall–Kier alpha value is -1.28. The van der Waals surface area contributed by atoms with Gasteiger partial charge in [-0.25, -0.2) is 0 Å². The van der Waals surface area contributed by atoms with Gasteiger partial charge in [0, 0.05) is 6.61 Å². The summed E-state index contributed by atoms with van der Waals surface area (Å²) in [6.45, 7) is 3.62. The van der Waals surface area contributed by atoms with Crippen molar-refractivity contribution in [2.24, 2.45) is 0 Å². The predicted molar refractivity (Wildman–Crippen MR) is 65.0 cm³/mol. The molecule has 1 saturated heterocycles. The largest absolute Gasteiger partial charge is 0.498 e. The Labute approximate surface area is 96.9 Å². The van der Waals surface area contributed by atoms with Crippen molar-refractivity contribution < 1.29 is 9.47 Å². The summed E-state index contributed by atoms with van der Waals surface area (Å²) < 4.78 is 11.0. The van der Waals surface area contributed by atoms with Crippen molar-refractivity contribution in [3.05, 3.63) is 42.2 Å². The molecule has 1 fully saturated rings. The number of allylic oxidation sites excluding steroid dienone is 1. The summed E-state index contributed by atoms with van der Waals surface area (Å²) in [6, 6.07) is 10.3. The summed E-state index contributed by atoms with van der Waals surface area (Å²) in [5.74, 6) is 0. The molecule has 0 aliphatic carbocycles. The van der Waals surface area contributed by atoms with Gasteiger partial charge in [0.2, 0.25) is 0 Å². The first-order chi connectivity index (χ1) is 7.86.